The average molecular weight is 473 g/mol. The molecule has 1 unspecified atom stereocenters. The molecule has 4 aromatic rings. The van der Waals surface area contributed by atoms with Crippen LogP contribution in [0.3, 0.4) is 0 Å². The first-order valence-corrected chi connectivity index (χ1v) is 10.7. The van der Waals surface area contributed by atoms with E-state index in [1.165, 1.54) is 4.52 Å². The van der Waals surface area contributed by atoms with E-state index in [1.54, 1.807) is 30.5 Å². The van der Waals surface area contributed by atoms with Crippen molar-refractivity contribution in [2.75, 3.05) is 5.32 Å². The molecule has 0 amide bonds. The lowest BCUT2D eigenvalue weighted by molar-refractivity contribution is 0.454. The summed E-state index contributed by atoms with van der Waals surface area (Å²) in [6.45, 7) is 1.93. The van der Waals surface area contributed by atoms with Gasteiger partial charge in [-0.05, 0) is 49.6 Å². The second kappa shape index (κ2) is 7.95. The fourth-order valence-electron chi connectivity index (χ4n) is 3.26. The summed E-state index contributed by atoms with van der Waals surface area (Å²) in [5, 5.41) is 19.2. The van der Waals surface area contributed by atoms with Gasteiger partial charge in [0.2, 0.25) is 11.8 Å². The molecule has 0 aliphatic heterocycles. The first-order valence-electron chi connectivity index (χ1n) is 9.91. The third kappa shape index (κ3) is 4.06. The molecule has 164 valence electrons. The fraction of sp³-hybridized carbons (Fsp3) is 0.250. The van der Waals surface area contributed by atoms with Crippen molar-refractivity contribution >= 4 is 40.9 Å². The van der Waals surface area contributed by atoms with E-state index in [0.29, 0.717) is 32.5 Å². The van der Waals surface area contributed by atoms with E-state index in [1.807, 2.05) is 6.92 Å². The molecule has 10 nitrogen and oxygen atoms in total. The molecular weight excluding hydrogens is 455 g/mol. The summed E-state index contributed by atoms with van der Waals surface area (Å²) in [5.41, 5.74) is 1.39. The average Bonchev–Trinajstić information content (AvgIpc) is 3.38. The highest BCUT2D eigenvalue weighted by Crippen LogP contribution is 2.28. The first kappa shape index (κ1) is 20.5. The van der Waals surface area contributed by atoms with Crippen molar-refractivity contribution in [1.82, 2.24) is 29.5 Å². The smallest absolute Gasteiger partial charge is 0.326 e. The molecule has 0 spiro atoms. The lowest BCUT2D eigenvalue weighted by Crippen LogP contribution is -2.25. The van der Waals surface area contributed by atoms with E-state index in [2.05, 4.69) is 35.3 Å². The highest BCUT2D eigenvalue weighted by molar-refractivity contribution is 6.33. The number of nitrogens with one attached hydrogen (secondary N) is 3. The number of H-pyrrole nitrogens is 2. The van der Waals surface area contributed by atoms with Gasteiger partial charge in [-0.1, -0.05) is 23.2 Å². The molecule has 1 aromatic carbocycles. The van der Waals surface area contributed by atoms with Crippen LogP contribution in [0.15, 0.2) is 34.2 Å². The van der Waals surface area contributed by atoms with Gasteiger partial charge in [-0.3, -0.25) is 4.98 Å². The number of hydrogen-bond donors (Lipinski definition) is 4. The predicted molar refractivity (Wildman–Crippen MR) is 120 cm³/mol. The molecule has 1 aliphatic rings. The number of anilines is 1. The van der Waals surface area contributed by atoms with Crippen molar-refractivity contribution in [2.24, 2.45) is 4.99 Å². The molecule has 3 heterocycles. The normalized spacial score (nSPS) is 16.1. The van der Waals surface area contributed by atoms with Crippen molar-refractivity contribution in [2.45, 2.75) is 31.8 Å². The van der Waals surface area contributed by atoms with E-state index < -0.39 is 5.69 Å². The molecule has 3 aromatic heterocycles. The van der Waals surface area contributed by atoms with Gasteiger partial charge in [0.1, 0.15) is 5.69 Å². The summed E-state index contributed by atoms with van der Waals surface area (Å²) in [4.78, 5) is 30.1. The number of halogens is 2. The minimum atomic E-state index is -0.515. The molecule has 1 aliphatic carbocycles. The second-order valence-corrected chi connectivity index (χ2v) is 8.40. The lowest BCUT2D eigenvalue weighted by atomic mass is 10.1. The Bertz CT molecular complexity index is 1500. The van der Waals surface area contributed by atoms with E-state index in [9.17, 15) is 9.90 Å². The molecule has 0 radical (unpaired) electrons. The van der Waals surface area contributed by atoms with E-state index in [0.717, 1.165) is 18.4 Å². The van der Waals surface area contributed by atoms with Crippen LogP contribution in [0.4, 0.5) is 5.95 Å². The van der Waals surface area contributed by atoms with Crippen molar-refractivity contribution in [3.63, 3.8) is 0 Å². The van der Waals surface area contributed by atoms with Gasteiger partial charge in [-0.15, -0.1) is 0 Å². The van der Waals surface area contributed by atoms with Gasteiger partial charge >= 0.3 is 5.69 Å². The summed E-state index contributed by atoms with van der Waals surface area (Å²) in [5.74, 6) is 0.0660. The Hall–Kier alpha value is -3.37. The van der Waals surface area contributed by atoms with Gasteiger partial charge in [-0.2, -0.15) is 19.6 Å². The Morgan fingerprint density at radius 3 is 2.84 bits per heavy atom. The molecule has 5 rings (SSSR count). The number of nitrogens with zero attached hydrogens (tertiary/aromatic N) is 5. The summed E-state index contributed by atoms with van der Waals surface area (Å²) >= 11 is 12.5. The number of fused-ring (bicyclic) bond motifs is 1. The van der Waals surface area contributed by atoms with Crippen LogP contribution in [0.2, 0.25) is 10.0 Å². The molecule has 1 saturated carbocycles. The molecule has 1 atom stereocenters. The molecule has 1 fully saturated rings. The van der Waals surface area contributed by atoms with Crippen LogP contribution in [0.1, 0.15) is 37.1 Å². The minimum absolute atomic E-state index is 0.211. The quantitative estimate of drug-likeness (QED) is 0.350. The Morgan fingerprint density at radius 1 is 1.31 bits per heavy atom. The third-order valence-corrected chi connectivity index (χ3v) is 5.61. The van der Waals surface area contributed by atoms with Gasteiger partial charge in [0.15, 0.2) is 5.65 Å². The van der Waals surface area contributed by atoms with Gasteiger partial charge in [0.05, 0.1) is 18.3 Å². The highest BCUT2D eigenvalue weighted by atomic mass is 35.5. The van der Waals surface area contributed by atoms with Crippen molar-refractivity contribution in [3.05, 3.63) is 67.0 Å². The second-order valence-electron chi connectivity index (χ2n) is 7.56. The Kier molecular flexibility index (Phi) is 5.10. The van der Waals surface area contributed by atoms with Crippen molar-refractivity contribution < 1.29 is 5.11 Å². The van der Waals surface area contributed by atoms with Gasteiger partial charge in [0, 0.05) is 15.3 Å². The van der Waals surface area contributed by atoms with Crippen molar-refractivity contribution in [3.8, 4) is 5.88 Å². The molecule has 0 saturated heterocycles. The summed E-state index contributed by atoms with van der Waals surface area (Å²) in [7, 11) is 0. The number of aromatic hydroxyl groups is 1. The highest BCUT2D eigenvalue weighted by Gasteiger charge is 2.21. The number of hydrogen-bond acceptors (Lipinski definition) is 7. The summed E-state index contributed by atoms with van der Waals surface area (Å²) in [6, 6.07) is 5.23. The van der Waals surface area contributed by atoms with Gasteiger partial charge in [0.25, 0.3) is 5.62 Å². The van der Waals surface area contributed by atoms with E-state index in [4.69, 9.17) is 23.2 Å². The number of rotatable bonds is 5. The summed E-state index contributed by atoms with van der Waals surface area (Å²) in [6.07, 6.45) is 5.15. The topological polar surface area (TPSA) is 136 Å². The fourth-order valence-corrected chi connectivity index (χ4v) is 3.72. The van der Waals surface area contributed by atoms with Gasteiger partial charge in [-0.25, -0.2) is 9.79 Å². The maximum absolute atomic E-state index is 11.5. The molecular formula is C20H18Cl2N8O2. The van der Waals surface area contributed by atoms with Crippen LogP contribution in [0, 0.1) is 0 Å². The number of aromatic nitrogens is 6. The maximum Gasteiger partial charge on any atom is 0.326 e. The van der Waals surface area contributed by atoms with Crippen LogP contribution in [-0.2, 0) is 0 Å². The Labute approximate surface area is 190 Å². The Morgan fingerprint density at radius 2 is 2.12 bits per heavy atom. The predicted octanol–water partition coefficient (Wildman–Crippen LogP) is 1.94. The number of imidazole rings is 1. The lowest BCUT2D eigenvalue weighted by Gasteiger charge is -2.16. The van der Waals surface area contributed by atoms with Gasteiger partial charge < -0.3 is 15.4 Å². The summed E-state index contributed by atoms with van der Waals surface area (Å²) < 4.78 is 1.54. The van der Waals surface area contributed by atoms with Crippen molar-refractivity contribution in [1.29, 1.82) is 0 Å². The SMILES string of the molecule is CC(Nc1nc(=NC2CC2)n2nc/c(=C\c3[nH]c(=O)[nH]c3O)c2n1)c1cc(Cl)ccc1Cl. The zero-order valence-corrected chi connectivity index (χ0v) is 18.3. The zero-order valence-electron chi connectivity index (χ0n) is 16.8. The van der Waals surface area contributed by atoms with Crippen LogP contribution in [0.25, 0.3) is 11.7 Å². The maximum atomic E-state index is 11.5. The molecule has 32 heavy (non-hydrogen) atoms. The van der Waals surface area contributed by atoms with Crippen LogP contribution < -0.4 is 21.8 Å². The monoisotopic (exact) mass is 472 g/mol. The minimum Gasteiger partial charge on any atom is -0.493 e. The van der Waals surface area contributed by atoms with Crippen LogP contribution in [0.5, 0.6) is 5.88 Å². The number of benzene rings is 1. The standard InChI is InChI=1S/C20H18Cl2N8O2/c1-9(13-7-11(21)2-5-14(13)22)24-18-27-16-10(6-15-17(31)28-20(32)26-15)8-23-30(16)19(29-18)25-12-3-4-12/h2,5-9,12,31H,3-4H2,1H3,(H,24,25,29)(H2,26,28,32)/b10-6+. The van der Waals surface area contributed by atoms with E-state index >= 15 is 0 Å². The third-order valence-electron chi connectivity index (χ3n) is 5.03. The molecule has 4 N–H and O–H groups in total. The zero-order chi connectivity index (χ0) is 22.4. The Balaban J connectivity index is 1.62. The van der Waals surface area contributed by atoms with Crippen LogP contribution >= 0.6 is 23.2 Å². The van der Waals surface area contributed by atoms with E-state index in [-0.39, 0.29) is 23.7 Å². The van der Waals surface area contributed by atoms with Crippen LogP contribution in [-0.4, -0.2) is 40.7 Å². The molecule has 12 heteroatoms. The molecule has 0 bridgehead atoms. The largest absolute Gasteiger partial charge is 0.493 e. The first-order chi connectivity index (χ1) is 15.4. The number of aromatic amines is 2.